The van der Waals surface area contributed by atoms with E-state index in [0.717, 1.165) is 0 Å². The molecule has 1 saturated heterocycles. The Bertz CT molecular complexity index is 854. The SMILES string of the molecule is COC(=O)C1=C(C)N=C2SCCC(=O)N2[C@@H]1c1cc(OC)c(OC)c(OC)c1. The number of esters is 1. The molecule has 9 heteroatoms. The summed E-state index contributed by atoms with van der Waals surface area (Å²) in [6.45, 7) is 1.74. The van der Waals surface area contributed by atoms with Gasteiger partial charge in [-0.2, -0.15) is 0 Å². The molecule has 0 saturated carbocycles. The van der Waals surface area contributed by atoms with E-state index in [0.29, 0.717) is 51.4 Å². The number of rotatable bonds is 5. The molecule has 8 nitrogen and oxygen atoms in total. The van der Waals surface area contributed by atoms with Crippen LogP contribution in [-0.2, 0) is 14.3 Å². The third-order valence-corrected chi connectivity index (χ3v) is 5.57. The number of carbonyl (C=O) groups excluding carboxylic acids is 2. The van der Waals surface area contributed by atoms with Crippen LogP contribution in [-0.4, -0.2) is 56.1 Å². The quantitative estimate of drug-likeness (QED) is 0.695. The average Bonchev–Trinajstić information content (AvgIpc) is 2.71. The summed E-state index contributed by atoms with van der Waals surface area (Å²) in [7, 11) is 5.85. The second-order valence-electron chi connectivity index (χ2n) is 6.11. The number of methoxy groups -OCH3 is 4. The molecule has 1 aromatic rings. The lowest BCUT2D eigenvalue weighted by Crippen LogP contribution is -2.45. The highest BCUT2D eigenvalue weighted by Crippen LogP contribution is 2.45. The molecule has 3 rings (SSSR count). The fourth-order valence-corrected chi connectivity index (χ4v) is 4.35. The number of benzene rings is 1. The minimum absolute atomic E-state index is 0.106. The largest absolute Gasteiger partial charge is 0.493 e. The lowest BCUT2D eigenvalue weighted by Gasteiger charge is -2.39. The molecule has 1 aromatic carbocycles. The summed E-state index contributed by atoms with van der Waals surface area (Å²) in [4.78, 5) is 31.4. The third-order valence-electron chi connectivity index (χ3n) is 4.61. The predicted molar refractivity (Wildman–Crippen MR) is 105 cm³/mol. The third kappa shape index (κ3) is 3.30. The van der Waals surface area contributed by atoms with Gasteiger partial charge in [-0.1, -0.05) is 11.8 Å². The average molecular weight is 406 g/mol. The molecule has 1 amide bonds. The van der Waals surface area contributed by atoms with Gasteiger partial charge in [0.05, 0.1) is 45.8 Å². The summed E-state index contributed by atoms with van der Waals surface area (Å²) in [5.74, 6) is 1.29. The van der Waals surface area contributed by atoms with E-state index in [1.165, 1.54) is 40.2 Å². The number of thioether (sulfide) groups is 1. The van der Waals surface area contributed by atoms with E-state index in [-0.39, 0.29) is 5.91 Å². The maximum Gasteiger partial charge on any atom is 0.338 e. The van der Waals surface area contributed by atoms with Crippen LogP contribution in [0, 0.1) is 0 Å². The second kappa shape index (κ2) is 8.14. The topological polar surface area (TPSA) is 86.7 Å². The Morgan fingerprint density at radius 2 is 1.79 bits per heavy atom. The lowest BCUT2D eigenvalue weighted by atomic mass is 9.93. The number of amidine groups is 1. The van der Waals surface area contributed by atoms with Gasteiger partial charge in [0.2, 0.25) is 11.7 Å². The first-order valence-electron chi connectivity index (χ1n) is 8.59. The Morgan fingerprint density at radius 1 is 1.14 bits per heavy atom. The van der Waals surface area contributed by atoms with Crippen molar-refractivity contribution in [2.45, 2.75) is 19.4 Å². The first-order valence-corrected chi connectivity index (χ1v) is 9.57. The first kappa shape index (κ1) is 20.1. The van der Waals surface area contributed by atoms with Gasteiger partial charge in [-0.15, -0.1) is 0 Å². The molecule has 0 spiro atoms. The Hall–Kier alpha value is -2.68. The monoisotopic (exact) mass is 406 g/mol. The molecule has 0 bridgehead atoms. The van der Waals surface area contributed by atoms with E-state index >= 15 is 0 Å². The summed E-state index contributed by atoms with van der Waals surface area (Å²) in [6, 6.07) is 2.77. The molecule has 0 aliphatic carbocycles. The van der Waals surface area contributed by atoms with E-state index < -0.39 is 12.0 Å². The van der Waals surface area contributed by atoms with Crippen molar-refractivity contribution in [2.24, 2.45) is 4.99 Å². The number of allylic oxidation sites excluding steroid dienone is 1. The minimum Gasteiger partial charge on any atom is -0.493 e. The molecule has 0 radical (unpaired) electrons. The standard InChI is InChI=1S/C19H22N2O6S/c1-10-15(18(23)27-5)16(21-14(22)6-7-28-19(21)20-10)11-8-12(24-2)17(26-4)13(9-11)25-3/h8-9,16H,6-7H2,1-5H3/t16-/m1/s1. The van der Waals surface area contributed by atoms with Crippen molar-refractivity contribution >= 4 is 28.8 Å². The zero-order valence-corrected chi connectivity index (χ0v) is 17.2. The minimum atomic E-state index is -0.700. The van der Waals surface area contributed by atoms with Crippen LogP contribution in [0.5, 0.6) is 17.2 Å². The van der Waals surface area contributed by atoms with Crippen LogP contribution in [0.25, 0.3) is 0 Å². The molecule has 2 aliphatic heterocycles. The van der Waals surface area contributed by atoms with Crippen molar-refractivity contribution in [2.75, 3.05) is 34.2 Å². The lowest BCUT2D eigenvalue weighted by molar-refractivity contribution is -0.137. The fourth-order valence-electron chi connectivity index (χ4n) is 3.34. The Balaban J connectivity index is 2.25. The van der Waals surface area contributed by atoms with Gasteiger partial charge in [-0.05, 0) is 24.6 Å². The highest BCUT2D eigenvalue weighted by Gasteiger charge is 2.42. The Kier molecular flexibility index (Phi) is 5.83. The van der Waals surface area contributed by atoms with E-state index in [1.54, 1.807) is 24.0 Å². The molecule has 2 aliphatic rings. The summed E-state index contributed by atoms with van der Waals surface area (Å²) in [6.07, 6.45) is 0.359. The van der Waals surface area contributed by atoms with E-state index in [1.807, 2.05) is 0 Å². The van der Waals surface area contributed by atoms with Crippen LogP contribution < -0.4 is 14.2 Å². The van der Waals surface area contributed by atoms with Gasteiger partial charge in [0.15, 0.2) is 16.7 Å². The predicted octanol–water partition coefficient (Wildman–Crippen LogP) is 2.54. The van der Waals surface area contributed by atoms with Gasteiger partial charge in [0.25, 0.3) is 0 Å². The van der Waals surface area contributed by atoms with Crippen molar-refractivity contribution in [3.8, 4) is 17.2 Å². The van der Waals surface area contributed by atoms with E-state index in [2.05, 4.69) is 4.99 Å². The Morgan fingerprint density at radius 3 is 2.32 bits per heavy atom. The van der Waals surface area contributed by atoms with Crippen LogP contribution >= 0.6 is 11.8 Å². The molecule has 28 heavy (non-hydrogen) atoms. The number of nitrogens with zero attached hydrogens (tertiary/aromatic N) is 2. The van der Waals surface area contributed by atoms with Crippen molar-refractivity contribution in [1.29, 1.82) is 0 Å². The van der Waals surface area contributed by atoms with Crippen molar-refractivity contribution < 1.29 is 28.5 Å². The number of fused-ring (bicyclic) bond motifs is 1. The van der Waals surface area contributed by atoms with Gasteiger partial charge < -0.3 is 18.9 Å². The maximum absolute atomic E-state index is 12.8. The smallest absolute Gasteiger partial charge is 0.338 e. The van der Waals surface area contributed by atoms with E-state index in [4.69, 9.17) is 18.9 Å². The summed E-state index contributed by atoms with van der Waals surface area (Å²) in [5, 5.41) is 0.570. The van der Waals surface area contributed by atoms with E-state index in [9.17, 15) is 9.59 Å². The van der Waals surface area contributed by atoms with Gasteiger partial charge in [0.1, 0.15) is 0 Å². The number of hydrogen-bond acceptors (Lipinski definition) is 8. The maximum atomic E-state index is 12.8. The Labute approximate surface area is 167 Å². The van der Waals surface area contributed by atoms with Gasteiger partial charge >= 0.3 is 5.97 Å². The van der Waals surface area contributed by atoms with Crippen LogP contribution in [0.4, 0.5) is 0 Å². The van der Waals surface area contributed by atoms with Gasteiger partial charge in [0, 0.05) is 12.2 Å². The number of carbonyl (C=O) groups is 2. The van der Waals surface area contributed by atoms with Crippen molar-refractivity contribution in [3.05, 3.63) is 29.0 Å². The molecule has 0 unspecified atom stereocenters. The highest BCUT2D eigenvalue weighted by atomic mass is 32.2. The first-order chi connectivity index (χ1) is 13.5. The van der Waals surface area contributed by atoms with Gasteiger partial charge in [-0.3, -0.25) is 9.69 Å². The molecular formula is C19H22N2O6S. The van der Waals surface area contributed by atoms with Crippen molar-refractivity contribution in [1.82, 2.24) is 4.90 Å². The molecule has 1 atom stereocenters. The van der Waals surface area contributed by atoms with Crippen LogP contribution in [0.3, 0.4) is 0 Å². The number of hydrogen-bond donors (Lipinski definition) is 0. The summed E-state index contributed by atoms with van der Waals surface area (Å²) in [5.41, 5.74) is 1.45. The molecule has 1 fully saturated rings. The molecular weight excluding hydrogens is 384 g/mol. The van der Waals surface area contributed by atoms with Crippen LogP contribution in [0.1, 0.15) is 24.9 Å². The second-order valence-corrected chi connectivity index (χ2v) is 7.17. The number of ether oxygens (including phenoxy) is 4. The summed E-state index contributed by atoms with van der Waals surface area (Å²) < 4.78 is 21.3. The zero-order chi connectivity index (χ0) is 20.4. The number of amides is 1. The zero-order valence-electron chi connectivity index (χ0n) is 16.4. The van der Waals surface area contributed by atoms with Crippen LogP contribution in [0.2, 0.25) is 0 Å². The normalized spacial score (nSPS) is 19.0. The molecule has 2 heterocycles. The fraction of sp³-hybridized carbons (Fsp3) is 0.421. The van der Waals surface area contributed by atoms with Crippen LogP contribution in [0.15, 0.2) is 28.4 Å². The highest BCUT2D eigenvalue weighted by molar-refractivity contribution is 8.14. The number of aliphatic imine (C=N–C) groups is 1. The summed E-state index contributed by atoms with van der Waals surface area (Å²) >= 11 is 1.48. The molecule has 150 valence electrons. The molecule has 0 aromatic heterocycles. The van der Waals surface area contributed by atoms with Gasteiger partial charge in [-0.25, -0.2) is 9.79 Å². The van der Waals surface area contributed by atoms with Crippen molar-refractivity contribution in [3.63, 3.8) is 0 Å². The molecule has 0 N–H and O–H groups in total.